The number of rotatable bonds is 9. The monoisotopic (exact) mass is 292 g/mol. The first kappa shape index (κ1) is 17.0. The fourth-order valence-corrected chi connectivity index (χ4v) is 1.75. The highest BCUT2D eigenvalue weighted by Gasteiger charge is 2.06. The van der Waals surface area contributed by atoms with E-state index in [1.807, 2.05) is 19.1 Å². The number of methoxy groups -OCH3 is 1. The molecule has 1 aromatic carbocycles. The molecule has 0 aliphatic rings. The van der Waals surface area contributed by atoms with Gasteiger partial charge in [-0.15, -0.1) is 0 Å². The van der Waals surface area contributed by atoms with Crippen molar-refractivity contribution in [2.45, 2.75) is 39.5 Å². The number of amides is 1. The van der Waals surface area contributed by atoms with E-state index in [9.17, 15) is 4.79 Å². The number of nitrogens with zero attached hydrogens (tertiary/aromatic N) is 1. The number of hydrogen-bond donors (Lipinski definition) is 1. The molecular weight excluding hydrogens is 268 g/mol. The number of hydrogen-bond acceptors (Lipinski definition) is 4. The molecule has 5 nitrogen and oxygen atoms in total. The maximum Gasteiger partial charge on any atom is 0.277 e. The Morgan fingerprint density at radius 1 is 1.24 bits per heavy atom. The van der Waals surface area contributed by atoms with Crippen LogP contribution in [-0.4, -0.2) is 25.3 Å². The summed E-state index contributed by atoms with van der Waals surface area (Å²) in [5.74, 6) is 0.871. The fraction of sp³-hybridized carbons (Fsp3) is 0.500. The predicted octanol–water partition coefficient (Wildman–Crippen LogP) is 3.15. The molecule has 116 valence electrons. The summed E-state index contributed by atoms with van der Waals surface area (Å²) in [6, 6.07) is 7.21. The van der Waals surface area contributed by atoms with Crippen molar-refractivity contribution in [2.75, 3.05) is 13.7 Å². The van der Waals surface area contributed by atoms with Crippen LogP contribution in [0, 0.1) is 0 Å². The van der Waals surface area contributed by atoms with E-state index < -0.39 is 0 Å². The van der Waals surface area contributed by atoms with Crippen LogP contribution in [0.5, 0.6) is 11.5 Å². The second-order valence-electron chi connectivity index (χ2n) is 4.61. The highest BCUT2D eigenvalue weighted by Crippen LogP contribution is 2.25. The number of benzene rings is 1. The van der Waals surface area contributed by atoms with E-state index in [1.54, 1.807) is 19.2 Å². The zero-order chi connectivity index (χ0) is 15.5. The van der Waals surface area contributed by atoms with Gasteiger partial charge in [-0.3, -0.25) is 4.79 Å². The van der Waals surface area contributed by atoms with Crippen LogP contribution in [-0.2, 0) is 4.79 Å². The van der Waals surface area contributed by atoms with E-state index in [2.05, 4.69) is 17.5 Å². The average Bonchev–Trinajstić information content (AvgIpc) is 2.53. The van der Waals surface area contributed by atoms with Gasteiger partial charge in [0.25, 0.3) is 5.91 Å². The van der Waals surface area contributed by atoms with Gasteiger partial charge < -0.3 is 9.47 Å². The largest absolute Gasteiger partial charge is 0.493 e. The minimum Gasteiger partial charge on any atom is -0.493 e. The molecular formula is C16H24N2O3. The van der Waals surface area contributed by atoms with Gasteiger partial charge in [-0.05, 0) is 31.4 Å². The van der Waals surface area contributed by atoms with Crippen LogP contribution >= 0.6 is 0 Å². The molecule has 5 heteroatoms. The molecule has 1 rings (SSSR count). The molecule has 0 unspecified atom stereocenters. The smallest absolute Gasteiger partial charge is 0.277 e. The standard InChI is InChI=1S/C16H24N2O3/c1-4-6-9-13(5-2)17-18-16(19)12-21-15-11-8-7-10-14(15)20-3/h7-8,10-11H,4-6,9,12H2,1-3H3,(H,18,19)/b17-13+. The Balaban J connectivity index is 2.45. The first-order chi connectivity index (χ1) is 10.2. The van der Waals surface area contributed by atoms with Gasteiger partial charge in [0.2, 0.25) is 0 Å². The van der Waals surface area contributed by atoms with Crippen LogP contribution in [0.3, 0.4) is 0 Å². The van der Waals surface area contributed by atoms with Crippen molar-refractivity contribution in [3.8, 4) is 11.5 Å². The minimum atomic E-state index is -0.275. The third kappa shape index (κ3) is 6.29. The summed E-state index contributed by atoms with van der Waals surface area (Å²) < 4.78 is 10.6. The molecule has 0 saturated carbocycles. The van der Waals surface area contributed by atoms with Gasteiger partial charge in [-0.1, -0.05) is 32.4 Å². The van der Waals surface area contributed by atoms with E-state index in [0.717, 1.165) is 31.4 Å². The van der Waals surface area contributed by atoms with Crippen LogP contribution in [0.1, 0.15) is 39.5 Å². The second kappa shape index (κ2) is 9.80. The molecule has 1 aromatic rings. The quantitative estimate of drug-likeness (QED) is 0.562. The molecule has 1 N–H and O–H groups in total. The van der Waals surface area contributed by atoms with Gasteiger partial charge in [0, 0.05) is 5.71 Å². The Kier molecular flexibility index (Phi) is 7.94. The number of unbranched alkanes of at least 4 members (excludes halogenated alkanes) is 1. The fourth-order valence-electron chi connectivity index (χ4n) is 1.75. The lowest BCUT2D eigenvalue weighted by Gasteiger charge is -2.09. The van der Waals surface area contributed by atoms with Crippen molar-refractivity contribution in [2.24, 2.45) is 5.10 Å². The molecule has 0 aliphatic carbocycles. The summed E-state index contributed by atoms with van der Waals surface area (Å²) in [7, 11) is 1.56. The van der Waals surface area contributed by atoms with Gasteiger partial charge in [-0.2, -0.15) is 5.10 Å². The van der Waals surface area contributed by atoms with Crippen LogP contribution in [0.2, 0.25) is 0 Å². The molecule has 0 saturated heterocycles. The topological polar surface area (TPSA) is 59.9 Å². The van der Waals surface area contributed by atoms with Crippen molar-refractivity contribution in [3.63, 3.8) is 0 Å². The maximum atomic E-state index is 11.7. The summed E-state index contributed by atoms with van der Waals surface area (Å²) >= 11 is 0. The highest BCUT2D eigenvalue weighted by molar-refractivity contribution is 5.86. The van der Waals surface area contributed by atoms with Crippen molar-refractivity contribution >= 4 is 11.6 Å². The third-order valence-electron chi connectivity index (χ3n) is 2.99. The Labute approximate surface area is 126 Å². The van der Waals surface area contributed by atoms with Gasteiger partial charge >= 0.3 is 0 Å². The lowest BCUT2D eigenvalue weighted by Crippen LogP contribution is -2.25. The predicted molar refractivity (Wildman–Crippen MR) is 83.9 cm³/mol. The van der Waals surface area contributed by atoms with Crippen LogP contribution < -0.4 is 14.9 Å². The SMILES string of the molecule is CCCC/C(CC)=N/NC(=O)COc1ccccc1OC. The Morgan fingerprint density at radius 3 is 2.57 bits per heavy atom. The molecule has 0 radical (unpaired) electrons. The first-order valence-corrected chi connectivity index (χ1v) is 7.31. The summed E-state index contributed by atoms with van der Waals surface area (Å²) in [5, 5.41) is 4.14. The number of para-hydroxylation sites is 2. The lowest BCUT2D eigenvalue weighted by atomic mass is 10.1. The molecule has 0 bridgehead atoms. The van der Waals surface area contributed by atoms with Crippen molar-refractivity contribution in [1.82, 2.24) is 5.43 Å². The number of hydrazone groups is 1. The van der Waals surface area contributed by atoms with Crippen molar-refractivity contribution in [3.05, 3.63) is 24.3 Å². The average molecular weight is 292 g/mol. The zero-order valence-corrected chi connectivity index (χ0v) is 13.0. The molecule has 0 fully saturated rings. The molecule has 21 heavy (non-hydrogen) atoms. The van der Waals surface area contributed by atoms with Gasteiger partial charge in [0.05, 0.1) is 7.11 Å². The van der Waals surface area contributed by atoms with Crippen LogP contribution in [0.4, 0.5) is 0 Å². The molecule has 0 atom stereocenters. The Morgan fingerprint density at radius 2 is 1.95 bits per heavy atom. The molecule has 0 heterocycles. The number of nitrogens with one attached hydrogen (secondary N) is 1. The van der Waals surface area contributed by atoms with Gasteiger partial charge in [0.1, 0.15) is 0 Å². The van der Waals surface area contributed by atoms with Gasteiger partial charge in [-0.25, -0.2) is 5.43 Å². The first-order valence-electron chi connectivity index (χ1n) is 7.31. The van der Waals surface area contributed by atoms with Crippen LogP contribution in [0.25, 0.3) is 0 Å². The van der Waals surface area contributed by atoms with E-state index in [-0.39, 0.29) is 12.5 Å². The van der Waals surface area contributed by atoms with E-state index >= 15 is 0 Å². The minimum absolute atomic E-state index is 0.0886. The van der Waals surface area contributed by atoms with Gasteiger partial charge in [0.15, 0.2) is 18.1 Å². The Bertz CT molecular complexity index is 472. The number of carbonyl (C=O) groups is 1. The summed E-state index contributed by atoms with van der Waals surface area (Å²) in [6.07, 6.45) is 3.96. The third-order valence-corrected chi connectivity index (χ3v) is 2.99. The molecule has 1 amide bonds. The summed E-state index contributed by atoms with van der Waals surface area (Å²) in [5.41, 5.74) is 3.54. The lowest BCUT2D eigenvalue weighted by molar-refractivity contribution is -0.123. The van der Waals surface area contributed by atoms with E-state index in [0.29, 0.717) is 11.5 Å². The van der Waals surface area contributed by atoms with E-state index in [1.165, 1.54) is 0 Å². The summed E-state index contributed by atoms with van der Waals surface area (Å²) in [6.45, 7) is 4.08. The number of ether oxygens (including phenoxy) is 2. The normalized spacial score (nSPS) is 11.1. The van der Waals surface area contributed by atoms with E-state index in [4.69, 9.17) is 9.47 Å². The Hall–Kier alpha value is -2.04. The molecule has 0 aromatic heterocycles. The second-order valence-corrected chi connectivity index (χ2v) is 4.61. The van der Waals surface area contributed by atoms with Crippen molar-refractivity contribution in [1.29, 1.82) is 0 Å². The number of carbonyl (C=O) groups excluding carboxylic acids is 1. The van der Waals surface area contributed by atoms with Crippen molar-refractivity contribution < 1.29 is 14.3 Å². The zero-order valence-electron chi connectivity index (χ0n) is 13.0. The molecule has 0 spiro atoms. The summed E-state index contributed by atoms with van der Waals surface area (Å²) in [4.78, 5) is 11.7. The van der Waals surface area contributed by atoms with Crippen LogP contribution in [0.15, 0.2) is 29.4 Å². The maximum absolute atomic E-state index is 11.7. The molecule has 0 aliphatic heterocycles. The highest BCUT2D eigenvalue weighted by atomic mass is 16.5.